The molecule has 5 nitrogen and oxygen atoms in total. The molecule has 0 aromatic carbocycles. The van der Waals surface area contributed by atoms with Gasteiger partial charge in [-0.3, -0.25) is 0 Å². The van der Waals surface area contributed by atoms with Gasteiger partial charge in [0, 0.05) is 0 Å². The standard InChI is InChI=1S/C6H6N2O3/c1-10-6(9)5-2-4(3-7)11-8-5/h4H,2H2,1H3. The van der Waals surface area contributed by atoms with Gasteiger partial charge in [0.15, 0.2) is 5.71 Å². The normalized spacial score (nSPS) is 21.5. The summed E-state index contributed by atoms with van der Waals surface area (Å²) >= 11 is 0. The molecule has 1 heterocycles. The number of oxime groups is 1. The van der Waals surface area contributed by atoms with E-state index in [9.17, 15) is 4.79 Å². The summed E-state index contributed by atoms with van der Waals surface area (Å²) in [6.07, 6.45) is -0.424. The third kappa shape index (κ3) is 1.46. The highest BCUT2D eigenvalue weighted by Crippen LogP contribution is 2.09. The van der Waals surface area contributed by atoms with E-state index in [1.54, 1.807) is 0 Å². The van der Waals surface area contributed by atoms with Crippen molar-refractivity contribution >= 4 is 11.7 Å². The Morgan fingerprint density at radius 2 is 2.73 bits per heavy atom. The van der Waals surface area contributed by atoms with Crippen molar-refractivity contribution in [2.45, 2.75) is 12.5 Å². The number of nitrogens with zero attached hydrogens (tertiary/aromatic N) is 2. The van der Waals surface area contributed by atoms with E-state index in [1.807, 2.05) is 6.07 Å². The second-order valence-corrected chi connectivity index (χ2v) is 1.96. The van der Waals surface area contributed by atoms with Crippen LogP contribution in [-0.2, 0) is 14.4 Å². The van der Waals surface area contributed by atoms with Gasteiger partial charge < -0.3 is 9.57 Å². The van der Waals surface area contributed by atoms with Crippen LogP contribution >= 0.6 is 0 Å². The molecular formula is C6H6N2O3. The van der Waals surface area contributed by atoms with E-state index < -0.39 is 12.1 Å². The van der Waals surface area contributed by atoms with Crippen molar-refractivity contribution < 1.29 is 14.4 Å². The maximum absolute atomic E-state index is 10.7. The van der Waals surface area contributed by atoms with Crippen molar-refractivity contribution in [3.8, 4) is 6.07 Å². The molecule has 0 N–H and O–H groups in total. The van der Waals surface area contributed by atoms with Gasteiger partial charge in [-0.1, -0.05) is 5.16 Å². The van der Waals surface area contributed by atoms with E-state index in [4.69, 9.17) is 5.26 Å². The van der Waals surface area contributed by atoms with Gasteiger partial charge in [-0.25, -0.2) is 4.79 Å². The maximum Gasteiger partial charge on any atom is 0.356 e. The van der Waals surface area contributed by atoms with E-state index >= 15 is 0 Å². The van der Waals surface area contributed by atoms with E-state index in [1.165, 1.54) is 7.11 Å². The molecular weight excluding hydrogens is 148 g/mol. The van der Waals surface area contributed by atoms with Crippen LogP contribution in [-0.4, -0.2) is 24.9 Å². The quantitative estimate of drug-likeness (QED) is 0.491. The van der Waals surface area contributed by atoms with E-state index in [2.05, 4.69) is 14.7 Å². The summed E-state index contributed by atoms with van der Waals surface area (Å²) in [6.45, 7) is 0. The van der Waals surface area contributed by atoms with Crippen molar-refractivity contribution in [2.75, 3.05) is 7.11 Å². The molecule has 11 heavy (non-hydrogen) atoms. The highest BCUT2D eigenvalue weighted by Gasteiger charge is 2.25. The highest BCUT2D eigenvalue weighted by molar-refractivity contribution is 6.36. The summed E-state index contributed by atoms with van der Waals surface area (Å²) in [6, 6.07) is 1.83. The Morgan fingerprint density at radius 1 is 2.00 bits per heavy atom. The fourth-order valence-corrected chi connectivity index (χ4v) is 0.685. The Bertz CT molecular complexity index is 241. The molecule has 0 amide bonds. The highest BCUT2D eigenvalue weighted by atomic mass is 16.6. The maximum atomic E-state index is 10.7. The molecule has 0 spiro atoms. The second-order valence-electron chi connectivity index (χ2n) is 1.96. The van der Waals surface area contributed by atoms with Crippen molar-refractivity contribution in [3.05, 3.63) is 0 Å². The average Bonchev–Trinajstić information content (AvgIpc) is 2.50. The molecule has 1 unspecified atom stereocenters. The van der Waals surface area contributed by atoms with Crippen LogP contribution < -0.4 is 0 Å². The molecule has 58 valence electrons. The summed E-state index contributed by atoms with van der Waals surface area (Å²) < 4.78 is 4.37. The number of hydrogen-bond donors (Lipinski definition) is 0. The first-order valence-electron chi connectivity index (χ1n) is 2.98. The van der Waals surface area contributed by atoms with Crippen molar-refractivity contribution in [2.24, 2.45) is 5.16 Å². The number of carbonyl (C=O) groups is 1. The van der Waals surface area contributed by atoms with Crippen LogP contribution in [0.1, 0.15) is 6.42 Å². The number of rotatable bonds is 1. The minimum atomic E-state index is -0.635. The molecule has 0 fully saturated rings. The van der Waals surface area contributed by atoms with Gasteiger partial charge in [0.2, 0.25) is 6.10 Å². The third-order valence-corrected chi connectivity index (χ3v) is 1.23. The molecule has 0 aliphatic carbocycles. The molecule has 1 aliphatic heterocycles. The number of esters is 1. The van der Waals surface area contributed by atoms with Gasteiger partial charge in [0.25, 0.3) is 0 Å². The van der Waals surface area contributed by atoms with Crippen LogP contribution in [0.25, 0.3) is 0 Å². The zero-order valence-electron chi connectivity index (χ0n) is 5.90. The van der Waals surface area contributed by atoms with Gasteiger partial charge in [0.1, 0.15) is 6.07 Å². The van der Waals surface area contributed by atoms with Crippen LogP contribution in [0.5, 0.6) is 0 Å². The second kappa shape index (κ2) is 3.01. The summed E-state index contributed by atoms with van der Waals surface area (Å²) in [7, 11) is 1.25. The lowest BCUT2D eigenvalue weighted by Gasteiger charge is -1.93. The van der Waals surface area contributed by atoms with Crippen LogP contribution in [0.15, 0.2) is 5.16 Å². The Hall–Kier alpha value is -1.57. The minimum absolute atomic E-state index is 0.166. The molecule has 0 radical (unpaired) electrons. The van der Waals surface area contributed by atoms with Gasteiger partial charge >= 0.3 is 5.97 Å². The molecule has 5 heteroatoms. The Kier molecular flexibility index (Phi) is 2.06. The fourth-order valence-electron chi connectivity index (χ4n) is 0.685. The van der Waals surface area contributed by atoms with Gasteiger partial charge in [-0.05, 0) is 0 Å². The van der Waals surface area contributed by atoms with Gasteiger partial charge in [-0.15, -0.1) is 0 Å². The molecule has 1 atom stereocenters. The van der Waals surface area contributed by atoms with Crippen LogP contribution in [0.2, 0.25) is 0 Å². The first-order valence-corrected chi connectivity index (χ1v) is 2.98. The van der Waals surface area contributed by atoms with Crippen LogP contribution in [0.3, 0.4) is 0 Å². The summed E-state index contributed by atoms with van der Waals surface area (Å²) in [5, 5.41) is 11.7. The summed E-state index contributed by atoms with van der Waals surface area (Å²) in [5.41, 5.74) is 0.166. The third-order valence-electron chi connectivity index (χ3n) is 1.23. The first-order chi connectivity index (χ1) is 5.27. The lowest BCUT2D eigenvalue weighted by molar-refractivity contribution is -0.132. The molecule has 0 aromatic heterocycles. The fraction of sp³-hybridized carbons (Fsp3) is 0.500. The van der Waals surface area contributed by atoms with Crippen molar-refractivity contribution in [1.29, 1.82) is 5.26 Å². The van der Waals surface area contributed by atoms with Gasteiger partial charge in [-0.2, -0.15) is 5.26 Å². The van der Waals surface area contributed by atoms with Gasteiger partial charge in [0.05, 0.1) is 13.5 Å². The van der Waals surface area contributed by atoms with Crippen molar-refractivity contribution in [1.82, 2.24) is 0 Å². The topological polar surface area (TPSA) is 71.7 Å². The first kappa shape index (κ1) is 7.54. The van der Waals surface area contributed by atoms with E-state index in [0.717, 1.165) is 0 Å². The summed E-state index contributed by atoms with van der Waals surface area (Å²) in [5.74, 6) is -0.539. The predicted molar refractivity (Wildman–Crippen MR) is 34.6 cm³/mol. The number of nitriles is 1. The lowest BCUT2D eigenvalue weighted by atomic mass is 10.2. The Balaban J connectivity index is 2.54. The molecule has 1 rings (SSSR count). The predicted octanol–water partition coefficient (Wildman–Crippen LogP) is -0.172. The van der Waals surface area contributed by atoms with Crippen LogP contribution in [0.4, 0.5) is 0 Å². The largest absolute Gasteiger partial charge is 0.464 e. The average molecular weight is 154 g/mol. The smallest absolute Gasteiger partial charge is 0.356 e. The molecule has 0 aromatic rings. The number of hydrogen-bond acceptors (Lipinski definition) is 5. The molecule has 1 aliphatic rings. The SMILES string of the molecule is COC(=O)C1=NOC(C#N)C1. The monoisotopic (exact) mass is 154 g/mol. The molecule has 0 saturated heterocycles. The number of methoxy groups -OCH3 is 1. The number of carbonyl (C=O) groups excluding carboxylic acids is 1. The van der Waals surface area contributed by atoms with E-state index in [0.29, 0.717) is 0 Å². The Morgan fingerprint density at radius 3 is 3.18 bits per heavy atom. The lowest BCUT2D eigenvalue weighted by Crippen LogP contribution is -2.15. The summed E-state index contributed by atoms with van der Waals surface area (Å²) in [4.78, 5) is 15.3. The zero-order chi connectivity index (χ0) is 8.27. The molecule has 0 saturated carbocycles. The van der Waals surface area contributed by atoms with Crippen molar-refractivity contribution in [3.63, 3.8) is 0 Å². The minimum Gasteiger partial charge on any atom is -0.464 e. The number of ether oxygens (including phenoxy) is 1. The zero-order valence-corrected chi connectivity index (χ0v) is 5.90. The van der Waals surface area contributed by atoms with E-state index in [-0.39, 0.29) is 12.1 Å². The van der Waals surface area contributed by atoms with Crippen LogP contribution in [0, 0.1) is 11.3 Å². The Labute approximate surface area is 63.2 Å². The molecule has 0 bridgehead atoms.